The molecule has 0 N–H and O–H groups in total. The van der Waals surface area contributed by atoms with E-state index < -0.39 is 10.8 Å². The van der Waals surface area contributed by atoms with Gasteiger partial charge in [-0.05, 0) is 114 Å². The smallest absolute Gasteiger partial charge is 0.0720 e. The molecule has 0 saturated heterocycles. The van der Waals surface area contributed by atoms with E-state index in [4.69, 9.17) is 0 Å². The van der Waals surface area contributed by atoms with Crippen molar-refractivity contribution < 1.29 is 0 Å². The van der Waals surface area contributed by atoms with Gasteiger partial charge >= 0.3 is 0 Å². The minimum atomic E-state index is -0.549. The fraction of sp³-hybridized carbons (Fsp3) is 0.0357. The van der Waals surface area contributed by atoms with Gasteiger partial charge in [-0.2, -0.15) is 0 Å². The SMILES string of the molecule is c1ccc(-c2ccc(N(c3ccccc3)c3ccc4c(c3)C3(c5ccccc5-c5ccccc53)c3ccccc3C43c4ccccc4-c4ccccc43)cc2)cc1. The first kappa shape index (κ1) is 32.1. The molecule has 0 aromatic heterocycles. The van der Waals surface area contributed by atoms with Gasteiger partial charge in [0, 0.05) is 17.1 Å². The van der Waals surface area contributed by atoms with Crippen LogP contribution in [0.2, 0.25) is 0 Å². The summed E-state index contributed by atoms with van der Waals surface area (Å²) in [5.74, 6) is 0. The van der Waals surface area contributed by atoms with Crippen molar-refractivity contribution in [1.82, 2.24) is 0 Å². The zero-order valence-corrected chi connectivity index (χ0v) is 31.3. The Balaban J connectivity index is 1.20. The molecule has 0 amide bonds. The number of nitrogens with zero attached hydrogens (tertiary/aromatic N) is 1. The molecule has 266 valence electrons. The average Bonchev–Trinajstić information content (AvgIpc) is 3.75. The topological polar surface area (TPSA) is 3.24 Å². The largest absolute Gasteiger partial charge is 0.310 e. The second kappa shape index (κ2) is 12.1. The first-order valence-electron chi connectivity index (χ1n) is 19.9. The first-order chi connectivity index (χ1) is 28.3. The maximum atomic E-state index is 2.54. The molecule has 9 aromatic rings. The van der Waals surface area contributed by atoms with Crippen molar-refractivity contribution in [3.05, 3.63) is 269 Å². The summed E-state index contributed by atoms with van der Waals surface area (Å²) >= 11 is 0. The van der Waals surface area contributed by atoms with E-state index in [1.807, 2.05) is 0 Å². The number of benzene rings is 9. The third kappa shape index (κ3) is 4.23. The van der Waals surface area contributed by atoms with Crippen LogP contribution in [0.15, 0.2) is 224 Å². The van der Waals surface area contributed by atoms with Gasteiger partial charge in [-0.3, -0.25) is 0 Å². The van der Waals surface area contributed by atoms with E-state index in [1.165, 1.54) is 77.9 Å². The Hall–Kier alpha value is -7.22. The summed E-state index contributed by atoms with van der Waals surface area (Å²) in [6.45, 7) is 0. The van der Waals surface area contributed by atoms with E-state index in [-0.39, 0.29) is 0 Å². The van der Waals surface area contributed by atoms with Crippen molar-refractivity contribution in [3.63, 3.8) is 0 Å². The number of rotatable bonds is 4. The van der Waals surface area contributed by atoms with Crippen molar-refractivity contribution in [3.8, 4) is 33.4 Å². The van der Waals surface area contributed by atoms with E-state index in [0.717, 1.165) is 17.1 Å². The van der Waals surface area contributed by atoms with Crippen LogP contribution in [-0.2, 0) is 10.8 Å². The lowest BCUT2D eigenvalue weighted by Crippen LogP contribution is -2.43. The Kier molecular flexibility index (Phi) is 6.83. The summed E-state index contributed by atoms with van der Waals surface area (Å²) < 4.78 is 0. The molecule has 12 rings (SSSR count). The van der Waals surface area contributed by atoms with Gasteiger partial charge in [0.15, 0.2) is 0 Å². The molecule has 0 heterocycles. The Labute approximate surface area is 333 Å². The van der Waals surface area contributed by atoms with Crippen LogP contribution in [0.25, 0.3) is 33.4 Å². The lowest BCUT2D eigenvalue weighted by atomic mass is 9.52. The molecule has 3 aliphatic carbocycles. The lowest BCUT2D eigenvalue weighted by molar-refractivity contribution is 0.633. The monoisotopic (exact) mass is 723 g/mol. The van der Waals surface area contributed by atoms with Crippen LogP contribution in [0.5, 0.6) is 0 Å². The summed E-state index contributed by atoms with van der Waals surface area (Å²) in [5.41, 5.74) is 20.7. The van der Waals surface area contributed by atoms with Crippen LogP contribution in [0.1, 0.15) is 44.5 Å². The Morgan fingerprint density at radius 3 is 1.05 bits per heavy atom. The number of fused-ring (bicyclic) bond motifs is 16. The van der Waals surface area contributed by atoms with Gasteiger partial charge in [-0.1, -0.05) is 188 Å². The van der Waals surface area contributed by atoms with Crippen molar-refractivity contribution in [2.45, 2.75) is 10.8 Å². The quantitative estimate of drug-likeness (QED) is 0.175. The predicted octanol–water partition coefficient (Wildman–Crippen LogP) is 13.9. The fourth-order valence-electron chi connectivity index (χ4n) is 10.8. The van der Waals surface area contributed by atoms with E-state index in [0.29, 0.717) is 0 Å². The van der Waals surface area contributed by atoms with Crippen LogP contribution < -0.4 is 4.90 Å². The molecule has 57 heavy (non-hydrogen) atoms. The molecular formula is C56H37N. The number of para-hydroxylation sites is 1. The highest BCUT2D eigenvalue weighted by Crippen LogP contribution is 2.67. The van der Waals surface area contributed by atoms with E-state index >= 15 is 0 Å². The normalized spacial score (nSPS) is 14.2. The molecule has 0 saturated carbocycles. The summed E-state index contributed by atoms with van der Waals surface area (Å²) in [6.07, 6.45) is 0. The fourth-order valence-corrected chi connectivity index (χ4v) is 10.8. The summed E-state index contributed by atoms with van der Waals surface area (Å²) in [7, 11) is 0. The molecule has 0 unspecified atom stereocenters. The molecule has 1 heteroatoms. The van der Waals surface area contributed by atoms with Crippen LogP contribution >= 0.6 is 0 Å². The maximum Gasteiger partial charge on any atom is 0.0720 e. The van der Waals surface area contributed by atoms with Gasteiger partial charge in [-0.15, -0.1) is 0 Å². The van der Waals surface area contributed by atoms with Crippen LogP contribution in [-0.4, -0.2) is 0 Å². The van der Waals surface area contributed by atoms with E-state index in [1.54, 1.807) is 0 Å². The minimum absolute atomic E-state index is 0.510. The molecule has 2 spiro atoms. The highest BCUT2D eigenvalue weighted by Gasteiger charge is 2.59. The van der Waals surface area contributed by atoms with Crippen LogP contribution in [0.3, 0.4) is 0 Å². The summed E-state index contributed by atoms with van der Waals surface area (Å²) in [5, 5.41) is 0. The molecule has 3 aliphatic rings. The van der Waals surface area contributed by atoms with Gasteiger partial charge in [0.1, 0.15) is 0 Å². The molecule has 0 atom stereocenters. The molecule has 0 aliphatic heterocycles. The van der Waals surface area contributed by atoms with Gasteiger partial charge in [0.2, 0.25) is 0 Å². The Bertz CT molecular complexity index is 2920. The minimum Gasteiger partial charge on any atom is -0.310 e. The standard InChI is InChI=1S/C56H37N/c1-3-17-38(18-4-1)39-31-33-41(34-32-39)57(40-19-5-2-6-20-40)42-35-36-53-54(37-42)56(49-27-13-9-23-45(49)46-24-10-14-28-50(46)56)52-30-16-15-29-51(52)55(53)47-25-11-7-21-43(47)44-22-8-12-26-48(44)55/h1-37H. The lowest BCUT2D eigenvalue weighted by Gasteiger charge is -2.49. The third-order valence-electron chi connectivity index (χ3n) is 13.0. The van der Waals surface area contributed by atoms with Crippen LogP contribution in [0, 0.1) is 0 Å². The van der Waals surface area contributed by atoms with Gasteiger partial charge < -0.3 is 4.90 Å². The highest BCUT2D eigenvalue weighted by molar-refractivity contribution is 5.94. The van der Waals surface area contributed by atoms with Gasteiger partial charge in [0.05, 0.1) is 10.8 Å². The maximum absolute atomic E-state index is 2.54. The number of hydrogen-bond donors (Lipinski definition) is 0. The van der Waals surface area contributed by atoms with E-state index in [9.17, 15) is 0 Å². The summed E-state index contributed by atoms with van der Waals surface area (Å²) in [4.78, 5) is 2.43. The molecule has 0 fully saturated rings. The average molecular weight is 724 g/mol. The molecule has 0 radical (unpaired) electrons. The highest BCUT2D eigenvalue weighted by atomic mass is 15.1. The molecule has 0 bridgehead atoms. The van der Waals surface area contributed by atoms with Gasteiger partial charge in [0.25, 0.3) is 0 Å². The molecule has 1 nitrogen and oxygen atoms in total. The predicted molar refractivity (Wildman–Crippen MR) is 235 cm³/mol. The molecular weight excluding hydrogens is 687 g/mol. The zero-order valence-electron chi connectivity index (χ0n) is 31.3. The van der Waals surface area contributed by atoms with E-state index in [2.05, 4.69) is 229 Å². The van der Waals surface area contributed by atoms with Crippen molar-refractivity contribution >= 4 is 17.1 Å². The van der Waals surface area contributed by atoms with Crippen LogP contribution in [0.4, 0.5) is 17.1 Å². The molecule has 9 aromatic carbocycles. The second-order valence-corrected chi connectivity index (χ2v) is 15.5. The van der Waals surface area contributed by atoms with Crippen molar-refractivity contribution in [1.29, 1.82) is 0 Å². The third-order valence-corrected chi connectivity index (χ3v) is 13.0. The second-order valence-electron chi connectivity index (χ2n) is 15.5. The Morgan fingerprint density at radius 1 is 0.228 bits per heavy atom. The zero-order chi connectivity index (χ0) is 37.6. The first-order valence-corrected chi connectivity index (χ1v) is 19.9. The van der Waals surface area contributed by atoms with Crippen molar-refractivity contribution in [2.24, 2.45) is 0 Å². The number of hydrogen-bond acceptors (Lipinski definition) is 1. The van der Waals surface area contributed by atoms with Crippen molar-refractivity contribution in [2.75, 3.05) is 4.90 Å². The van der Waals surface area contributed by atoms with Gasteiger partial charge in [-0.25, -0.2) is 0 Å². The number of anilines is 3. The summed E-state index contributed by atoms with van der Waals surface area (Å²) in [6, 6.07) is 83.7. The Morgan fingerprint density at radius 2 is 0.561 bits per heavy atom.